The third-order valence-corrected chi connectivity index (χ3v) is 2.12. The highest BCUT2D eigenvalue weighted by Gasteiger charge is 2.08. The zero-order valence-electron chi connectivity index (χ0n) is 10.2. The number of nitrogens with zero attached hydrogens (tertiary/aromatic N) is 1. The standard InChI is InChI=1S/C13H17N3O/c1-4-15-12(16-13(17)9(2)3)10-5-7-11(14)8-6-10/h5-8H,2,4,14H2,1,3H3,(H,15,16,17). The summed E-state index contributed by atoms with van der Waals surface area (Å²) in [5.74, 6) is 0.314. The molecule has 0 radical (unpaired) electrons. The fraction of sp³-hybridized carbons (Fsp3) is 0.231. The van der Waals surface area contributed by atoms with Crippen LogP contribution in [-0.4, -0.2) is 18.3 Å². The Morgan fingerprint density at radius 1 is 1.41 bits per heavy atom. The van der Waals surface area contributed by atoms with Gasteiger partial charge in [-0.05, 0) is 38.1 Å². The smallest absolute Gasteiger partial charge is 0.251 e. The summed E-state index contributed by atoms with van der Waals surface area (Å²) in [5.41, 5.74) is 7.56. The minimum absolute atomic E-state index is 0.228. The quantitative estimate of drug-likeness (QED) is 0.360. The topological polar surface area (TPSA) is 67.5 Å². The summed E-state index contributed by atoms with van der Waals surface area (Å²) in [5, 5.41) is 2.72. The van der Waals surface area contributed by atoms with E-state index in [-0.39, 0.29) is 5.91 Å². The number of amides is 1. The molecule has 0 aromatic heterocycles. The molecule has 0 unspecified atom stereocenters. The molecule has 1 rings (SSSR count). The minimum atomic E-state index is -0.228. The molecular formula is C13H17N3O. The molecule has 0 heterocycles. The first-order chi connectivity index (χ1) is 8.04. The number of nitrogens with two attached hydrogens (primary N) is 1. The number of anilines is 1. The Morgan fingerprint density at radius 3 is 2.47 bits per heavy atom. The number of hydrogen-bond acceptors (Lipinski definition) is 3. The van der Waals surface area contributed by atoms with Crippen LogP contribution in [-0.2, 0) is 4.79 Å². The van der Waals surface area contributed by atoms with Gasteiger partial charge in [-0.15, -0.1) is 0 Å². The lowest BCUT2D eigenvalue weighted by molar-refractivity contribution is -0.116. The Bertz CT molecular complexity index is 446. The normalized spacial score (nSPS) is 11.1. The monoisotopic (exact) mass is 231 g/mol. The molecule has 0 saturated carbocycles. The molecule has 0 saturated heterocycles. The number of amidine groups is 1. The van der Waals surface area contributed by atoms with Crippen molar-refractivity contribution in [2.24, 2.45) is 4.99 Å². The van der Waals surface area contributed by atoms with E-state index in [2.05, 4.69) is 16.9 Å². The molecule has 90 valence electrons. The largest absolute Gasteiger partial charge is 0.399 e. The molecule has 4 nitrogen and oxygen atoms in total. The maximum absolute atomic E-state index is 11.6. The van der Waals surface area contributed by atoms with Crippen molar-refractivity contribution < 1.29 is 4.79 Å². The van der Waals surface area contributed by atoms with Gasteiger partial charge >= 0.3 is 0 Å². The summed E-state index contributed by atoms with van der Waals surface area (Å²) in [6.45, 7) is 7.74. The van der Waals surface area contributed by atoms with Gasteiger partial charge in [-0.3, -0.25) is 9.79 Å². The van der Waals surface area contributed by atoms with Gasteiger partial charge in [0.25, 0.3) is 5.91 Å². The number of aliphatic imine (C=N–C) groups is 1. The van der Waals surface area contributed by atoms with Gasteiger partial charge in [0, 0.05) is 23.4 Å². The summed E-state index contributed by atoms with van der Waals surface area (Å²) in [6.07, 6.45) is 0. The van der Waals surface area contributed by atoms with E-state index in [1.165, 1.54) is 0 Å². The Labute approximate surface area is 101 Å². The van der Waals surface area contributed by atoms with E-state index >= 15 is 0 Å². The molecule has 4 heteroatoms. The van der Waals surface area contributed by atoms with Crippen molar-refractivity contribution in [3.05, 3.63) is 42.0 Å². The number of rotatable bonds is 3. The van der Waals surface area contributed by atoms with Crippen LogP contribution in [0.15, 0.2) is 41.4 Å². The maximum Gasteiger partial charge on any atom is 0.251 e. The predicted molar refractivity (Wildman–Crippen MR) is 70.9 cm³/mol. The van der Waals surface area contributed by atoms with Crippen molar-refractivity contribution in [3.63, 3.8) is 0 Å². The van der Waals surface area contributed by atoms with Gasteiger partial charge in [0.1, 0.15) is 5.84 Å². The molecule has 0 spiro atoms. The van der Waals surface area contributed by atoms with Crippen molar-refractivity contribution in [2.75, 3.05) is 12.3 Å². The molecule has 3 N–H and O–H groups in total. The maximum atomic E-state index is 11.6. The van der Waals surface area contributed by atoms with Gasteiger partial charge in [-0.1, -0.05) is 6.58 Å². The van der Waals surface area contributed by atoms with Crippen LogP contribution < -0.4 is 11.1 Å². The van der Waals surface area contributed by atoms with E-state index < -0.39 is 0 Å². The van der Waals surface area contributed by atoms with Crippen molar-refractivity contribution in [1.82, 2.24) is 5.32 Å². The highest BCUT2D eigenvalue weighted by Crippen LogP contribution is 2.06. The molecule has 1 aromatic carbocycles. The Kier molecular flexibility index (Phi) is 4.46. The SMILES string of the molecule is C=C(C)C(=O)N/C(=N/CC)c1ccc(N)cc1. The van der Waals surface area contributed by atoms with E-state index in [4.69, 9.17) is 5.73 Å². The third-order valence-electron chi connectivity index (χ3n) is 2.12. The lowest BCUT2D eigenvalue weighted by Gasteiger charge is -2.09. The minimum Gasteiger partial charge on any atom is -0.399 e. The van der Waals surface area contributed by atoms with Crippen LogP contribution >= 0.6 is 0 Å². The van der Waals surface area contributed by atoms with Gasteiger partial charge in [-0.25, -0.2) is 0 Å². The number of carbonyl (C=O) groups is 1. The molecule has 0 aliphatic heterocycles. The van der Waals surface area contributed by atoms with Crippen molar-refractivity contribution in [1.29, 1.82) is 0 Å². The van der Waals surface area contributed by atoms with Crippen LogP contribution in [0, 0.1) is 0 Å². The summed E-state index contributed by atoms with van der Waals surface area (Å²) in [6, 6.07) is 7.19. The average molecular weight is 231 g/mol. The molecule has 0 fully saturated rings. The van der Waals surface area contributed by atoms with Gasteiger partial charge < -0.3 is 11.1 Å². The zero-order chi connectivity index (χ0) is 12.8. The lowest BCUT2D eigenvalue weighted by Crippen LogP contribution is -2.31. The van der Waals surface area contributed by atoms with Crippen LogP contribution in [0.1, 0.15) is 19.4 Å². The van der Waals surface area contributed by atoms with E-state index in [0.717, 1.165) is 5.56 Å². The Morgan fingerprint density at radius 2 is 2.00 bits per heavy atom. The fourth-order valence-electron chi connectivity index (χ4n) is 1.22. The number of nitrogens with one attached hydrogen (secondary N) is 1. The van der Waals surface area contributed by atoms with Gasteiger partial charge in [-0.2, -0.15) is 0 Å². The summed E-state index contributed by atoms with van der Waals surface area (Å²) in [7, 11) is 0. The summed E-state index contributed by atoms with van der Waals surface area (Å²) in [4.78, 5) is 15.8. The average Bonchev–Trinajstić information content (AvgIpc) is 2.29. The van der Waals surface area contributed by atoms with E-state index in [1.54, 1.807) is 19.1 Å². The highest BCUT2D eigenvalue weighted by molar-refractivity contribution is 6.12. The van der Waals surface area contributed by atoms with Crippen LogP contribution in [0.2, 0.25) is 0 Å². The second kappa shape index (κ2) is 5.84. The van der Waals surface area contributed by atoms with E-state index in [9.17, 15) is 4.79 Å². The van der Waals surface area contributed by atoms with Crippen molar-refractivity contribution >= 4 is 17.4 Å². The number of nitrogen functional groups attached to an aromatic ring is 1. The lowest BCUT2D eigenvalue weighted by atomic mass is 10.2. The molecule has 0 aliphatic carbocycles. The molecule has 1 amide bonds. The Hall–Kier alpha value is -2.10. The third kappa shape index (κ3) is 3.75. The number of benzene rings is 1. The van der Waals surface area contributed by atoms with E-state index in [1.807, 2.05) is 19.1 Å². The second-order valence-electron chi connectivity index (χ2n) is 3.68. The van der Waals surface area contributed by atoms with Crippen LogP contribution in [0.5, 0.6) is 0 Å². The van der Waals surface area contributed by atoms with Crippen LogP contribution in [0.25, 0.3) is 0 Å². The molecule has 0 atom stereocenters. The number of hydrogen-bond donors (Lipinski definition) is 2. The van der Waals surface area contributed by atoms with Gasteiger partial charge in [0.05, 0.1) is 0 Å². The molecule has 0 bridgehead atoms. The first-order valence-corrected chi connectivity index (χ1v) is 5.41. The highest BCUT2D eigenvalue weighted by atomic mass is 16.1. The zero-order valence-corrected chi connectivity index (χ0v) is 10.2. The van der Waals surface area contributed by atoms with Gasteiger partial charge in [0.2, 0.25) is 0 Å². The van der Waals surface area contributed by atoms with Gasteiger partial charge in [0.15, 0.2) is 0 Å². The molecule has 17 heavy (non-hydrogen) atoms. The van der Waals surface area contributed by atoms with E-state index in [0.29, 0.717) is 23.6 Å². The summed E-state index contributed by atoms with van der Waals surface area (Å²) < 4.78 is 0. The first kappa shape index (κ1) is 13.0. The summed E-state index contributed by atoms with van der Waals surface area (Å²) >= 11 is 0. The predicted octanol–water partition coefficient (Wildman–Crippen LogP) is 1.73. The fourth-order valence-corrected chi connectivity index (χ4v) is 1.22. The molecule has 1 aromatic rings. The Balaban J connectivity index is 2.94. The van der Waals surface area contributed by atoms with Crippen LogP contribution in [0.3, 0.4) is 0 Å². The molecular weight excluding hydrogens is 214 g/mol. The number of carbonyl (C=O) groups excluding carboxylic acids is 1. The molecule has 0 aliphatic rings. The van der Waals surface area contributed by atoms with Crippen molar-refractivity contribution in [2.45, 2.75) is 13.8 Å². The van der Waals surface area contributed by atoms with Crippen LogP contribution in [0.4, 0.5) is 5.69 Å². The second-order valence-corrected chi connectivity index (χ2v) is 3.68. The first-order valence-electron chi connectivity index (χ1n) is 5.41. The van der Waals surface area contributed by atoms with Crippen molar-refractivity contribution in [3.8, 4) is 0 Å².